The van der Waals surface area contributed by atoms with E-state index in [0.29, 0.717) is 4.90 Å². The molecule has 5 heteroatoms. The van der Waals surface area contributed by atoms with Crippen molar-refractivity contribution < 1.29 is 8.42 Å². The predicted molar refractivity (Wildman–Crippen MR) is 64.3 cm³/mol. The summed E-state index contributed by atoms with van der Waals surface area (Å²) in [6, 6.07) is 3.28. The molecule has 0 heterocycles. The quantitative estimate of drug-likeness (QED) is 0.827. The van der Waals surface area contributed by atoms with Gasteiger partial charge in [-0.3, -0.25) is 0 Å². The highest BCUT2D eigenvalue weighted by Gasteiger charge is 2.14. The fraction of sp³-hybridized carbons (Fsp3) is 0.333. The minimum absolute atomic E-state index is 0.120. The zero-order valence-corrected chi connectivity index (χ0v) is 11.8. The highest BCUT2D eigenvalue weighted by atomic mass is 79.9. The van der Waals surface area contributed by atoms with Crippen LogP contribution in [0.1, 0.15) is 12.5 Å². The second kappa shape index (κ2) is 4.33. The summed E-state index contributed by atoms with van der Waals surface area (Å²) in [5, 5.41) is 0. The van der Waals surface area contributed by atoms with Crippen molar-refractivity contribution >= 4 is 41.7 Å². The average Bonchev–Trinajstić information content (AvgIpc) is 2.13. The molecule has 0 saturated heterocycles. The van der Waals surface area contributed by atoms with Crippen molar-refractivity contribution in [2.24, 2.45) is 0 Å². The Balaban J connectivity index is 3.41. The minimum atomic E-state index is -3.12. The van der Waals surface area contributed by atoms with E-state index in [4.69, 9.17) is 0 Å². The maximum atomic E-state index is 11.6. The zero-order chi connectivity index (χ0) is 10.9. The molecule has 14 heavy (non-hydrogen) atoms. The molecule has 0 aliphatic carbocycles. The van der Waals surface area contributed by atoms with Crippen LogP contribution in [0.2, 0.25) is 0 Å². The molecule has 0 radical (unpaired) electrons. The lowest BCUT2D eigenvalue weighted by Crippen LogP contribution is -2.04. The van der Waals surface area contributed by atoms with Gasteiger partial charge < -0.3 is 0 Å². The molecule has 0 N–H and O–H groups in total. The number of hydrogen-bond donors (Lipinski definition) is 0. The van der Waals surface area contributed by atoms with Crippen molar-refractivity contribution in [2.75, 3.05) is 5.75 Å². The fourth-order valence-electron chi connectivity index (χ4n) is 0.968. The van der Waals surface area contributed by atoms with Gasteiger partial charge in [-0.1, -0.05) is 38.8 Å². The first-order valence-corrected chi connectivity index (χ1v) is 7.30. The van der Waals surface area contributed by atoms with Crippen LogP contribution < -0.4 is 0 Å². The molecule has 0 aromatic heterocycles. The number of sulfone groups is 1. The van der Waals surface area contributed by atoms with Crippen LogP contribution in [0.15, 0.2) is 26.0 Å². The van der Waals surface area contributed by atoms with Gasteiger partial charge in [0.1, 0.15) is 0 Å². The lowest BCUT2D eigenvalue weighted by molar-refractivity contribution is 0.597. The third-order valence-electron chi connectivity index (χ3n) is 1.99. The van der Waals surface area contributed by atoms with Crippen LogP contribution in [0.25, 0.3) is 0 Å². The van der Waals surface area contributed by atoms with E-state index < -0.39 is 9.84 Å². The highest BCUT2D eigenvalue weighted by molar-refractivity contribution is 9.11. The van der Waals surface area contributed by atoms with Crippen molar-refractivity contribution in [3.63, 3.8) is 0 Å². The number of hydrogen-bond acceptors (Lipinski definition) is 2. The molecule has 0 bridgehead atoms. The minimum Gasteiger partial charge on any atom is -0.224 e. The molecule has 78 valence electrons. The topological polar surface area (TPSA) is 34.1 Å². The zero-order valence-electron chi connectivity index (χ0n) is 7.84. The van der Waals surface area contributed by atoms with Crippen LogP contribution >= 0.6 is 31.9 Å². The van der Waals surface area contributed by atoms with E-state index in [1.54, 1.807) is 19.1 Å². The van der Waals surface area contributed by atoms with Gasteiger partial charge in [-0.2, -0.15) is 0 Å². The van der Waals surface area contributed by atoms with Gasteiger partial charge in [0, 0.05) is 8.95 Å². The Bertz CT molecular complexity index is 429. The predicted octanol–water partition coefficient (Wildman–Crippen LogP) is 3.31. The molecule has 0 unspecified atom stereocenters. The molecule has 0 spiro atoms. The van der Waals surface area contributed by atoms with Crippen LogP contribution in [-0.4, -0.2) is 14.2 Å². The third kappa shape index (κ3) is 2.38. The monoisotopic (exact) mass is 340 g/mol. The van der Waals surface area contributed by atoms with Crippen molar-refractivity contribution in [3.05, 3.63) is 26.6 Å². The number of halogens is 2. The van der Waals surface area contributed by atoms with E-state index >= 15 is 0 Å². The lowest BCUT2D eigenvalue weighted by atomic mass is 10.2. The molecular weight excluding hydrogens is 332 g/mol. The van der Waals surface area contributed by atoms with Gasteiger partial charge in [-0.25, -0.2) is 8.42 Å². The smallest absolute Gasteiger partial charge is 0.178 e. The Labute approximate surface area is 101 Å². The Morgan fingerprint density at radius 2 is 1.64 bits per heavy atom. The van der Waals surface area contributed by atoms with Crippen LogP contribution in [-0.2, 0) is 9.84 Å². The van der Waals surface area contributed by atoms with Crippen LogP contribution in [0.3, 0.4) is 0 Å². The Morgan fingerprint density at radius 3 is 2.00 bits per heavy atom. The third-order valence-corrected chi connectivity index (χ3v) is 5.35. The van der Waals surface area contributed by atoms with Crippen LogP contribution in [0, 0.1) is 6.92 Å². The van der Waals surface area contributed by atoms with Crippen molar-refractivity contribution in [2.45, 2.75) is 18.7 Å². The van der Waals surface area contributed by atoms with Gasteiger partial charge >= 0.3 is 0 Å². The van der Waals surface area contributed by atoms with Gasteiger partial charge in [0.05, 0.1) is 10.6 Å². The SMILES string of the molecule is CCS(=O)(=O)c1cc(Br)c(C)c(Br)c1. The highest BCUT2D eigenvalue weighted by Crippen LogP contribution is 2.28. The van der Waals surface area contributed by atoms with Gasteiger partial charge in [0.25, 0.3) is 0 Å². The summed E-state index contributed by atoms with van der Waals surface area (Å²) in [5.74, 6) is 0.120. The molecule has 2 nitrogen and oxygen atoms in total. The summed E-state index contributed by atoms with van der Waals surface area (Å²) in [5.41, 5.74) is 1.00. The van der Waals surface area contributed by atoms with Crippen molar-refractivity contribution in [1.82, 2.24) is 0 Å². The van der Waals surface area contributed by atoms with Gasteiger partial charge in [0.2, 0.25) is 0 Å². The molecule has 0 saturated carbocycles. The van der Waals surface area contributed by atoms with Gasteiger partial charge in [-0.15, -0.1) is 0 Å². The van der Waals surface area contributed by atoms with E-state index in [2.05, 4.69) is 31.9 Å². The molecule has 1 aromatic carbocycles. The summed E-state index contributed by atoms with van der Waals surface area (Å²) >= 11 is 6.65. The summed E-state index contributed by atoms with van der Waals surface area (Å²) in [6.07, 6.45) is 0. The van der Waals surface area contributed by atoms with Gasteiger partial charge in [0.15, 0.2) is 9.84 Å². The molecule has 0 aliphatic rings. The Hall–Kier alpha value is 0.130. The summed E-state index contributed by atoms with van der Waals surface area (Å²) in [4.78, 5) is 0.351. The molecule has 0 fully saturated rings. The second-order valence-corrected chi connectivity index (χ2v) is 6.90. The maximum absolute atomic E-state index is 11.6. The van der Waals surface area contributed by atoms with E-state index in [-0.39, 0.29) is 5.75 Å². The van der Waals surface area contributed by atoms with E-state index in [1.165, 1.54) is 0 Å². The molecule has 1 rings (SSSR count). The van der Waals surface area contributed by atoms with Crippen molar-refractivity contribution in [3.8, 4) is 0 Å². The molecule has 0 atom stereocenters. The van der Waals surface area contributed by atoms with E-state index in [9.17, 15) is 8.42 Å². The van der Waals surface area contributed by atoms with Crippen LogP contribution in [0.4, 0.5) is 0 Å². The first-order valence-electron chi connectivity index (χ1n) is 4.07. The molecule has 0 aliphatic heterocycles. The molecular formula is C9H10Br2O2S. The number of rotatable bonds is 2. The van der Waals surface area contributed by atoms with E-state index in [0.717, 1.165) is 14.5 Å². The summed E-state index contributed by atoms with van der Waals surface area (Å²) in [6.45, 7) is 3.55. The second-order valence-electron chi connectivity index (χ2n) is 2.92. The Morgan fingerprint density at radius 1 is 1.21 bits per heavy atom. The summed E-state index contributed by atoms with van der Waals surface area (Å²) < 4.78 is 24.8. The number of benzene rings is 1. The fourth-order valence-corrected chi connectivity index (χ4v) is 3.39. The summed E-state index contributed by atoms with van der Waals surface area (Å²) in [7, 11) is -3.12. The van der Waals surface area contributed by atoms with E-state index in [1.807, 2.05) is 6.92 Å². The normalized spacial score (nSPS) is 11.7. The largest absolute Gasteiger partial charge is 0.224 e. The lowest BCUT2D eigenvalue weighted by Gasteiger charge is -2.06. The molecule has 0 amide bonds. The first-order chi connectivity index (χ1) is 6.38. The molecule has 1 aromatic rings. The first kappa shape index (κ1) is 12.2. The standard InChI is InChI=1S/C9H10Br2O2S/c1-3-14(12,13)7-4-8(10)6(2)9(11)5-7/h4-5H,3H2,1-2H3. The van der Waals surface area contributed by atoms with Crippen LogP contribution in [0.5, 0.6) is 0 Å². The Kier molecular flexibility index (Phi) is 3.77. The maximum Gasteiger partial charge on any atom is 0.178 e. The average molecular weight is 342 g/mol. The van der Waals surface area contributed by atoms with Gasteiger partial charge in [-0.05, 0) is 24.6 Å². The van der Waals surface area contributed by atoms with Crippen molar-refractivity contribution in [1.29, 1.82) is 0 Å².